The molecule has 0 aromatic rings. The molecule has 15 heavy (non-hydrogen) atoms. The van der Waals surface area contributed by atoms with Crippen LogP contribution in [0.25, 0.3) is 0 Å². The summed E-state index contributed by atoms with van der Waals surface area (Å²) in [5.74, 6) is 2.03. The van der Waals surface area contributed by atoms with Crippen molar-refractivity contribution < 1.29 is 0 Å². The Labute approximate surface area is 93.2 Å². The summed E-state index contributed by atoms with van der Waals surface area (Å²) in [6.07, 6.45) is 10.2. The van der Waals surface area contributed by atoms with E-state index < -0.39 is 0 Å². The van der Waals surface area contributed by atoms with Crippen molar-refractivity contribution in [3.8, 4) is 0 Å². The second-order valence-electron chi connectivity index (χ2n) is 5.92. The fourth-order valence-corrected chi connectivity index (χ4v) is 4.32. The standard InChI is InChI=1S/C13H24N2/c14-12-7-8-15(9-12)13-10-3-1-4-11(13)6-2-5-10/h10-13H,1-9,14H2/t10?,11?,12-,13?/m0/s1. The molecule has 2 aliphatic carbocycles. The molecule has 2 bridgehead atoms. The summed E-state index contributed by atoms with van der Waals surface area (Å²) in [4.78, 5) is 2.73. The van der Waals surface area contributed by atoms with Gasteiger partial charge in [0.2, 0.25) is 0 Å². The number of nitrogens with zero attached hydrogens (tertiary/aromatic N) is 1. The molecule has 3 fully saturated rings. The quantitative estimate of drug-likeness (QED) is 0.714. The minimum atomic E-state index is 0.465. The summed E-state index contributed by atoms with van der Waals surface area (Å²) >= 11 is 0. The number of fused-ring (bicyclic) bond motifs is 2. The van der Waals surface area contributed by atoms with E-state index in [1.165, 1.54) is 58.0 Å². The van der Waals surface area contributed by atoms with Crippen LogP contribution in [0.5, 0.6) is 0 Å². The van der Waals surface area contributed by atoms with Gasteiger partial charge in [-0.05, 0) is 43.9 Å². The molecule has 3 aliphatic rings. The number of hydrogen-bond donors (Lipinski definition) is 1. The molecular formula is C13H24N2. The van der Waals surface area contributed by atoms with Gasteiger partial charge in [-0.1, -0.05) is 12.8 Å². The number of nitrogens with two attached hydrogens (primary N) is 1. The maximum absolute atomic E-state index is 6.04. The first kappa shape index (κ1) is 10.1. The molecule has 2 N–H and O–H groups in total. The average molecular weight is 208 g/mol. The van der Waals surface area contributed by atoms with Crippen LogP contribution in [0.15, 0.2) is 0 Å². The summed E-state index contributed by atoms with van der Waals surface area (Å²) in [6, 6.07) is 1.38. The van der Waals surface area contributed by atoms with Crippen molar-refractivity contribution in [3.05, 3.63) is 0 Å². The average Bonchev–Trinajstić information content (AvgIpc) is 2.63. The van der Waals surface area contributed by atoms with Gasteiger partial charge in [-0.3, -0.25) is 4.90 Å². The van der Waals surface area contributed by atoms with Crippen molar-refractivity contribution in [2.75, 3.05) is 13.1 Å². The molecule has 0 radical (unpaired) electrons. The summed E-state index contributed by atoms with van der Waals surface area (Å²) in [6.45, 7) is 2.45. The van der Waals surface area contributed by atoms with Crippen LogP contribution in [0.3, 0.4) is 0 Å². The van der Waals surface area contributed by atoms with E-state index in [0.29, 0.717) is 6.04 Å². The molecule has 1 atom stereocenters. The Kier molecular flexibility index (Phi) is 2.73. The number of likely N-dealkylation sites (tertiary alicyclic amines) is 1. The van der Waals surface area contributed by atoms with Crippen LogP contribution in [-0.4, -0.2) is 30.1 Å². The van der Waals surface area contributed by atoms with Crippen molar-refractivity contribution in [3.63, 3.8) is 0 Å². The molecule has 0 amide bonds. The van der Waals surface area contributed by atoms with E-state index in [4.69, 9.17) is 5.73 Å². The molecule has 3 rings (SSSR count). The Balaban J connectivity index is 1.73. The van der Waals surface area contributed by atoms with Gasteiger partial charge in [-0.25, -0.2) is 0 Å². The van der Waals surface area contributed by atoms with Crippen LogP contribution in [0.2, 0.25) is 0 Å². The van der Waals surface area contributed by atoms with E-state index in [1.807, 2.05) is 0 Å². The summed E-state index contributed by atoms with van der Waals surface area (Å²) in [5.41, 5.74) is 6.04. The lowest BCUT2D eigenvalue weighted by molar-refractivity contribution is 0.0352. The zero-order chi connectivity index (χ0) is 10.3. The first-order chi connectivity index (χ1) is 7.34. The first-order valence-electron chi connectivity index (χ1n) is 6.84. The highest BCUT2D eigenvalue weighted by atomic mass is 15.2. The van der Waals surface area contributed by atoms with Gasteiger partial charge in [-0.15, -0.1) is 0 Å². The van der Waals surface area contributed by atoms with Gasteiger partial charge in [0.05, 0.1) is 0 Å². The number of rotatable bonds is 1. The monoisotopic (exact) mass is 208 g/mol. The molecule has 1 heterocycles. The van der Waals surface area contributed by atoms with Crippen LogP contribution in [0.1, 0.15) is 44.9 Å². The molecule has 2 nitrogen and oxygen atoms in total. The molecule has 2 saturated carbocycles. The summed E-state index contributed by atoms with van der Waals surface area (Å²) < 4.78 is 0. The van der Waals surface area contributed by atoms with Crippen LogP contribution >= 0.6 is 0 Å². The third-order valence-electron chi connectivity index (χ3n) is 4.94. The van der Waals surface area contributed by atoms with Crippen molar-refractivity contribution in [2.45, 2.75) is 57.0 Å². The first-order valence-corrected chi connectivity index (χ1v) is 6.84. The highest BCUT2D eigenvalue weighted by molar-refractivity contribution is 4.95. The second-order valence-corrected chi connectivity index (χ2v) is 5.92. The van der Waals surface area contributed by atoms with Crippen molar-refractivity contribution in [1.29, 1.82) is 0 Å². The highest BCUT2D eigenvalue weighted by Gasteiger charge is 2.41. The smallest absolute Gasteiger partial charge is 0.0180 e. The normalized spacial score (nSPS) is 47.0. The molecule has 0 unspecified atom stereocenters. The van der Waals surface area contributed by atoms with Gasteiger partial charge < -0.3 is 5.73 Å². The molecule has 0 aromatic heterocycles. The van der Waals surface area contributed by atoms with E-state index >= 15 is 0 Å². The Morgan fingerprint density at radius 3 is 1.93 bits per heavy atom. The van der Waals surface area contributed by atoms with Gasteiger partial charge in [0.25, 0.3) is 0 Å². The third-order valence-corrected chi connectivity index (χ3v) is 4.94. The van der Waals surface area contributed by atoms with Crippen molar-refractivity contribution >= 4 is 0 Å². The fraction of sp³-hybridized carbons (Fsp3) is 1.00. The van der Waals surface area contributed by atoms with Gasteiger partial charge in [0.15, 0.2) is 0 Å². The minimum absolute atomic E-state index is 0.465. The molecule has 2 heteroatoms. The van der Waals surface area contributed by atoms with E-state index in [9.17, 15) is 0 Å². The Bertz CT molecular complexity index is 207. The predicted molar refractivity (Wildman–Crippen MR) is 62.6 cm³/mol. The number of hydrogen-bond acceptors (Lipinski definition) is 2. The largest absolute Gasteiger partial charge is 0.326 e. The van der Waals surface area contributed by atoms with Crippen LogP contribution in [0, 0.1) is 11.8 Å². The Morgan fingerprint density at radius 1 is 0.867 bits per heavy atom. The van der Waals surface area contributed by atoms with E-state index in [1.54, 1.807) is 0 Å². The van der Waals surface area contributed by atoms with Gasteiger partial charge >= 0.3 is 0 Å². The molecular weight excluding hydrogens is 184 g/mol. The van der Waals surface area contributed by atoms with Gasteiger partial charge in [0, 0.05) is 25.2 Å². The predicted octanol–water partition coefficient (Wildman–Crippen LogP) is 1.99. The van der Waals surface area contributed by atoms with Crippen LogP contribution in [-0.2, 0) is 0 Å². The van der Waals surface area contributed by atoms with Crippen LogP contribution in [0.4, 0.5) is 0 Å². The van der Waals surface area contributed by atoms with Crippen molar-refractivity contribution in [2.24, 2.45) is 17.6 Å². The molecule has 0 aromatic carbocycles. The van der Waals surface area contributed by atoms with Gasteiger partial charge in [0.1, 0.15) is 0 Å². The SMILES string of the molecule is N[C@H]1CCN(C2C3CCCC2CCC3)C1. The van der Waals surface area contributed by atoms with E-state index in [0.717, 1.165) is 17.9 Å². The molecule has 1 saturated heterocycles. The minimum Gasteiger partial charge on any atom is -0.326 e. The third kappa shape index (κ3) is 1.83. The zero-order valence-electron chi connectivity index (χ0n) is 9.70. The second kappa shape index (κ2) is 4.06. The van der Waals surface area contributed by atoms with E-state index in [-0.39, 0.29) is 0 Å². The van der Waals surface area contributed by atoms with E-state index in [2.05, 4.69) is 4.90 Å². The summed E-state index contributed by atoms with van der Waals surface area (Å²) in [5, 5.41) is 0. The van der Waals surface area contributed by atoms with Gasteiger partial charge in [-0.2, -0.15) is 0 Å². The highest BCUT2D eigenvalue weighted by Crippen LogP contribution is 2.43. The summed E-state index contributed by atoms with van der Waals surface area (Å²) in [7, 11) is 0. The molecule has 1 aliphatic heterocycles. The topological polar surface area (TPSA) is 29.3 Å². The molecule has 0 spiro atoms. The lowest BCUT2D eigenvalue weighted by atomic mass is 9.68. The Hall–Kier alpha value is -0.0800. The van der Waals surface area contributed by atoms with Crippen LogP contribution < -0.4 is 5.73 Å². The van der Waals surface area contributed by atoms with Crippen molar-refractivity contribution in [1.82, 2.24) is 4.90 Å². The Morgan fingerprint density at radius 2 is 1.47 bits per heavy atom. The maximum atomic E-state index is 6.04. The fourth-order valence-electron chi connectivity index (χ4n) is 4.32. The lowest BCUT2D eigenvalue weighted by Gasteiger charge is -2.47. The lowest BCUT2D eigenvalue weighted by Crippen LogP contribution is -2.49. The zero-order valence-corrected chi connectivity index (χ0v) is 9.70. The maximum Gasteiger partial charge on any atom is 0.0180 e. The molecule has 86 valence electrons.